The first-order chi connectivity index (χ1) is 18.2. The molecule has 0 fully saturated rings. The van der Waals surface area contributed by atoms with Gasteiger partial charge in [0, 0.05) is 33.8 Å². The van der Waals surface area contributed by atoms with Gasteiger partial charge in [-0.25, -0.2) is 18.6 Å². The third kappa shape index (κ3) is 4.23. The van der Waals surface area contributed by atoms with Crippen LogP contribution in [-0.2, 0) is 6.54 Å². The van der Waals surface area contributed by atoms with Crippen molar-refractivity contribution in [1.82, 2.24) is 14.5 Å². The summed E-state index contributed by atoms with van der Waals surface area (Å²) in [6.45, 7) is 1.51. The smallest absolute Gasteiger partial charge is 0.338 e. The van der Waals surface area contributed by atoms with E-state index in [1.165, 1.54) is 34.4 Å². The number of aryl methyl sites for hydroxylation is 1. The van der Waals surface area contributed by atoms with Crippen molar-refractivity contribution in [1.29, 1.82) is 5.26 Å². The quantitative estimate of drug-likeness (QED) is 0.293. The van der Waals surface area contributed by atoms with Crippen LogP contribution in [0.2, 0.25) is 5.02 Å². The van der Waals surface area contributed by atoms with E-state index in [0.717, 1.165) is 6.07 Å². The lowest BCUT2D eigenvalue weighted by molar-refractivity contribution is 0.0699. The van der Waals surface area contributed by atoms with Crippen LogP contribution in [0.15, 0.2) is 46.7 Å². The summed E-state index contributed by atoms with van der Waals surface area (Å²) < 4.78 is 35.9. The zero-order valence-electron chi connectivity index (χ0n) is 19.5. The number of benzene rings is 2. The van der Waals surface area contributed by atoms with Crippen molar-refractivity contribution >= 4 is 50.0 Å². The molecule has 5 aromatic rings. The molecule has 12 heteroatoms. The number of carboxylic acid groups (broad SMARTS) is 1. The zero-order valence-corrected chi connectivity index (χ0v) is 21.0. The van der Waals surface area contributed by atoms with E-state index in [9.17, 15) is 28.7 Å². The Labute approximate surface area is 222 Å². The first kappa shape index (κ1) is 25.3. The summed E-state index contributed by atoms with van der Waals surface area (Å²) in [5.41, 5.74) is 0.175. The number of carbonyl (C=O) groups is 1. The largest absolute Gasteiger partial charge is 0.491 e. The number of rotatable bonds is 6. The summed E-state index contributed by atoms with van der Waals surface area (Å²) in [4.78, 5) is 33.1. The number of fused-ring (bicyclic) bond motifs is 2. The van der Waals surface area contributed by atoms with Gasteiger partial charge in [0.25, 0.3) is 5.56 Å². The molecule has 5 rings (SSSR count). The van der Waals surface area contributed by atoms with E-state index in [4.69, 9.17) is 16.3 Å². The maximum absolute atomic E-state index is 14.2. The van der Waals surface area contributed by atoms with Crippen LogP contribution in [-0.4, -0.2) is 32.2 Å². The Hall–Kier alpha value is -4.40. The maximum atomic E-state index is 14.2. The second-order valence-corrected chi connectivity index (χ2v) is 9.46. The lowest BCUT2D eigenvalue weighted by Crippen LogP contribution is -2.27. The van der Waals surface area contributed by atoms with Gasteiger partial charge in [0.15, 0.2) is 11.6 Å². The lowest BCUT2D eigenvalue weighted by Gasteiger charge is -2.15. The van der Waals surface area contributed by atoms with Crippen molar-refractivity contribution in [2.24, 2.45) is 0 Å². The number of ether oxygens (including phenoxy) is 1. The Morgan fingerprint density at radius 2 is 2.05 bits per heavy atom. The molecule has 0 spiro atoms. The van der Waals surface area contributed by atoms with Crippen molar-refractivity contribution in [3.05, 3.63) is 85.9 Å². The van der Waals surface area contributed by atoms with Gasteiger partial charge in [-0.1, -0.05) is 11.6 Å². The fourth-order valence-electron chi connectivity index (χ4n) is 4.18. The minimum Gasteiger partial charge on any atom is -0.491 e. The number of carboxylic acids is 1. The third-order valence-electron chi connectivity index (χ3n) is 5.93. The van der Waals surface area contributed by atoms with Crippen molar-refractivity contribution in [2.45, 2.75) is 13.5 Å². The van der Waals surface area contributed by atoms with Crippen LogP contribution in [0, 0.1) is 29.9 Å². The van der Waals surface area contributed by atoms with Gasteiger partial charge in [0.05, 0.1) is 33.2 Å². The van der Waals surface area contributed by atoms with Gasteiger partial charge in [0.2, 0.25) is 0 Å². The molecule has 0 aliphatic heterocycles. The van der Waals surface area contributed by atoms with Crippen molar-refractivity contribution < 1.29 is 23.4 Å². The first-order valence-electron chi connectivity index (χ1n) is 11.0. The third-order valence-corrected chi connectivity index (χ3v) is 7.17. The standard InChI is InChI=1S/C26H15ClF2N4O4S/c1-12-32-19-9-18(28)22(29)16(10-30)21(19)25(34)33(12)6-7-37-20-3-2-13(27)8-15(20)14-4-5-31-23-17(26(35)36)11-38-24(14)23/h2-5,8-9,11H,6-7H2,1H3,(H,35,36). The second kappa shape index (κ2) is 9.81. The van der Waals surface area contributed by atoms with E-state index in [2.05, 4.69) is 9.97 Å². The Bertz CT molecular complexity index is 1880. The number of nitriles is 1. The molecule has 0 bridgehead atoms. The predicted octanol–water partition coefficient (Wildman–Crippen LogP) is 5.56. The predicted molar refractivity (Wildman–Crippen MR) is 138 cm³/mol. The average molecular weight is 553 g/mol. The molecule has 3 aromatic heterocycles. The minimum atomic E-state index is -1.40. The molecule has 0 saturated carbocycles. The highest BCUT2D eigenvalue weighted by Crippen LogP contribution is 2.39. The Morgan fingerprint density at radius 3 is 2.79 bits per heavy atom. The first-order valence-corrected chi connectivity index (χ1v) is 12.3. The second-order valence-electron chi connectivity index (χ2n) is 8.15. The highest BCUT2D eigenvalue weighted by atomic mass is 35.5. The molecule has 0 aliphatic carbocycles. The number of aromatic carboxylic acids is 1. The van der Waals surface area contributed by atoms with Crippen molar-refractivity contribution in [2.75, 3.05) is 6.61 Å². The van der Waals surface area contributed by atoms with Gasteiger partial charge in [-0.3, -0.25) is 14.3 Å². The topological polar surface area (TPSA) is 118 Å². The summed E-state index contributed by atoms with van der Waals surface area (Å²) in [5, 5.41) is 20.4. The fourth-order valence-corrected chi connectivity index (χ4v) is 5.38. The monoisotopic (exact) mass is 552 g/mol. The van der Waals surface area contributed by atoms with E-state index < -0.39 is 28.7 Å². The number of aromatic nitrogens is 3. The number of hydrogen-bond acceptors (Lipinski definition) is 7. The van der Waals surface area contributed by atoms with Gasteiger partial charge in [-0.2, -0.15) is 5.26 Å². The zero-order chi connectivity index (χ0) is 27.1. The molecule has 0 amide bonds. The van der Waals surface area contributed by atoms with Gasteiger partial charge in [-0.05, 0) is 31.2 Å². The van der Waals surface area contributed by atoms with Crippen LogP contribution >= 0.6 is 22.9 Å². The number of hydrogen-bond donors (Lipinski definition) is 1. The van der Waals surface area contributed by atoms with Gasteiger partial charge < -0.3 is 9.84 Å². The normalized spacial score (nSPS) is 11.1. The minimum absolute atomic E-state index is 0.00649. The van der Waals surface area contributed by atoms with Crippen LogP contribution in [0.5, 0.6) is 5.75 Å². The molecule has 1 N–H and O–H groups in total. The molecule has 38 heavy (non-hydrogen) atoms. The number of halogens is 3. The van der Waals surface area contributed by atoms with Crippen LogP contribution in [0.4, 0.5) is 8.78 Å². The summed E-state index contributed by atoms with van der Waals surface area (Å²) in [5.74, 6) is -3.11. The van der Waals surface area contributed by atoms with E-state index in [1.54, 1.807) is 30.3 Å². The van der Waals surface area contributed by atoms with E-state index in [-0.39, 0.29) is 35.4 Å². The van der Waals surface area contributed by atoms with Crippen molar-refractivity contribution in [3.8, 4) is 22.9 Å². The lowest BCUT2D eigenvalue weighted by atomic mass is 10.0. The Balaban J connectivity index is 1.50. The summed E-state index contributed by atoms with van der Waals surface area (Å²) in [6.07, 6.45) is 1.50. The molecular formula is C26H15ClF2N4O4S. The SMILES string of the molecule is Cc1nc2cc(F)c(F)c(C#N)c2c(=O)n1CCOc1ccc(Cl)cc1-c1ccnc2c(C(=O)O)csc12. The molecule has 0 atom stereocenters. The molecule has 8 nitrogen and oxygen atoms in total. The molecule has 3 heterocycles. The molecule has 0 unspecified atom stereocenters. The summed E-state index contributed by atoms with van der Waals surface area (Å²) in [7, 11) is 0. The fraction of sp³-hybridized carbons (Fsp3) is 0.115. The molecule has 2 aromatic carbocycles. The van der Waals surface area contributed by atoms with Crippen LogP contribution < -0.4 is 10.3 Å². The molecule has 0 radical (unpaired) electrons. The number of nitrogens with zero attached hydrogens (tertiary/aromatic N) is 4. The number of pyridine rings is 1. The summed E-state index contributed by atoms with van der Waals surface area (Å²) in [6, 6.07) is 9.02. The van der Waals surface area contributed by atoms with Gasteiger partial charge in [-0.15, -0.1) is 11.3 Å². The molecule has 0 saturated heterocycles. The Morgan fingerprint density at radius 1 is 1.26 bits per heavy atom. The van der Waals surface area contributed by atoms with Crippen LogP contribution in [0.25, 0.3) is 32.2 Å². The van der Waals surface area contributed by atoms with Crippen molar-refractivity contribution in [3.63, 3.8) is 0 Å². The molecule has 190 valence electrons. The molecule has 0 aliphatic rings. The van der Waals surface area contributed by atoms with E-state index in [1.807, 2.05) is 0 Å². The van der Waals surface area contributed by atoms with E-state index in [0.29, 0.717) is 32.1 Å². The maximum Gasteiger partial charge on any atom is 0.338 e. The summed E-state index contributed by atoms with van der Waals surface area (Å²) >= 11 is 7.48. The van der Waals surface area contributed by atoms with Gasteiger partial charge >= 0.3 is 5.97 Å². The highest BCUT2D eigenvalue weighted by Gasteiger charge is 2.20. The average Bonchev–Trinajstić information content (AvgIpc) is 3.33. The van der Waals surface area contributed by atoms with Gasteiger partial charge in [0.1, 0.15) is 29.8 Å². The number of thiophene rings is 1. The molecular weight excluding hydrogens is 538 g/mol. The Kier molecular flexibility index (Phi) is 6.52. The van der Waals surface area contributed by atoms with Crippen LogP contribution in [0.3, 0.4) is 0 Å². The van der Waals surface area contributed by atoms with Crippen LogP contribution in [0.1, 0.15) is 21.7 Å². The van der Waals surface area contributed by atoms with E-state index >= 15 is 0 Å². The highest BCUT2D eigenvalue weighted by molar-refractivity contribution is 7.18.